The summed E-state index contributed by atoms with van der Waals surface area (Å²) in [6.07, 6.45) is 3.13. The first-order chi connectivity index (χ1) is 22.0. The van der Waals surface area contributed by atoms with Gasteiger partial charge in [0.2, 0.25) is 0 Å². The predicted molar refractivity (Wildman–Crippen MR) is 233 cm³/mol. The van der Waals surface area contributed by atoms with Crippen LogP contribution in [0.15, 0.2) is 0 Å². The van der Waals surface area contributed by atoms with Crippen LogP contribution in [0.25, 0.3) is 0 Å². The molecule has 0 aliphatic heterocycles. The lowest BCUT2D eigenvalue weighted by molar-refractivity contribution is -0.111. The molecule has 0 amide bonds. The smallest absolute Gasteiger partial charge is 0.190 e. The summed E-state index contributed by atoms with van der Waals surface area (Å²) in [4.78, 5) is 23.9. The Morgan fingerprint density at radius 3 is 1.58 bits per heavy atom. The molecule has 0 aliphatic carbocycles. The molecule has 0 spiro atoms. The minimum atomic E-state index is -0.780. The zero-order chi connectivity index (χ0) is 33.1. The maximum absolute atomic E-state index is 12.2. The fraction of sp³-hybridized carbons (Fsp3) is 0.920. The number of aliphatic hydroxyl groups excluding tert-OH is 2. The van der Waals surface area contributed by atoms with Crippen molar-refractivity contribution in [3.63, 3.8) is 0 Å². The van der Waals surface area contributed by atoms with Gasteiger partial charge in [0.15, 0.2) is 15.3 Å². The number of hydrogen-bond donors (Lipinski definition) is 2. The van der Waals surface area contributed by atoms with Gasteiger partial charge in [-0.3, -0.25) is 9.59 Å². The molecule has 6 nitrogen and oxygen atoms in total. The minimum absolute atomic E-state index is 0.118. The number of carbonyl (C=O) groups excluding carboxylic acids is 2. The quantitative estimate of drug-likeness (QED) is 0.0367. The summed E-state index contributed by atoms with van der Waals surface area (Å²) in [5, 5.41) is 23.9. The van der Waals surface area contributed by atoms with Gasteiger partial charge in [0, 0.05) is 85.0 Å². The van der Waals surface area contributed by atoms with E-state index < -0.39 is 22.4 Å². The van der Waals surface area contributed by atoms with E-state index in [1.54, 1.807) is 47.0 Å². The van der Waals surface area contributed by atoms with E-state index in [1.165, 1.54) is 47.0 Å². The molecule has 0 rings (SSSR count). The third-order valence-electron chi connectivity index (χ3n) is 4.70. The van der Waals surface area contributed by atoms with Crippen LogP contribution in [0.4, 0.5) is 0 Å². The molecule has 0 saturated heterocycles. The van der Waals surface area contributed by atoms with Gasteiger partial charge in [-0.05, 0) is 22.7 Å². The van der Waals surface area contributed by atoms with Crippen LogP contribution >= 0.6 is 141 Å². The molecule has 0 aromatic carbocycles. The molecule has 2 N–H and O–H groups in total. The molecule has 0 bridgehead atoms. The lowest BCUT2D eigenvalue weighted by Gasteiger charge is -2.10. The molecule has 0 saturated carbocycles. The van der Waals surface area contributed by atoms with Crippen molar-refractivity contribution in [2.45, 2.75) is 25.7 Å². The van der Waals surface area contributed by atoms with Crippen LogP contribution < -0.4 is 0 Å². The van der Waals surface area contributed by atoms with Crippen molar-refractivity contribution in [1.82, 2.24) is 0 Å². The Morgan fingerprint density at radius 2 is 0.956 bits per heavy atom. The van der Waals surface area contributed by atoms with E-state index in [-0.39, 0.29) is 22.1 Å². The van der Waals surface area contributed by atoms with Gasteiger partial charge in [-0.2, -0.15) is 58.8 Å². The molecule has 0 aromatic rings. The number of carbonyl (C=O) groups is 2. The summed E-state index contributed by atoms with van der Waals surface area (Å²) in [7, 11) is 0. The van der Waals surface area contributed by atoms with E-state index in [9.17, 15) is 18.7 Å². The van der Waals surface area contributed by atoms with E-state index in [1.807, 2.05) is 47.0 Å². The second kappa shape index (κ2) is 40.8. The van der Waals surface area contributed by atoms with Crippen molar-refractivity contribution >= 4 is 174 Å². The van der Waals surface area contributed by atoms with Gasteiger partial charge < -0.3 is 19.3 Å². The van der Waals surface area contributed by atoms with Crippen LogP contribution in [0.5, 0.6) is 0 Å². The van der Waals surface area contributed by atoms with Gasteiger partial charge in [0.25, 0.3) is 0 Å². The molecule has 0 aromatic heterocycles. The van der Waals surface area contributed by atoms with Crippen LogP contribution in [-0.2, 0) is 31.9 Å². The van der Waals surface area contributed by atoms with Gasteiger partial charge in [0.1, 0.15) is 17.3 Å². The van der Waals surface area contributed by atoms with Crippen molar-refractivity contribution in [2.24, 2.45) is 0 Å². The van der Waals surface area contributed by atoms with E-state index in [0.717, 1.165) is 101 Å². The summed E-state index contributed by atoms with van der Waals surface area (Å²) in [6, 6.07) is 0. The molecule has 0 heterocycles. The summed E-state index contributed by atoms with van der Waals surface area (Å²) < 4.78 is 24.1. The molecule has 268 valence electrons. The number of rotatable bonds is 36. The summed E-state index contributed by atoms with van der Waals surface area (Å²) >= 11 is 18.4. The topological polar surface area (TPSA) is 121 Å². The van der Waals surface area contributed by atoms with Crippen LogP contribution in [0, 0.1) is 0 Å². The van der Waals surface area contributed by atoms with Crippen LogP contribution in [0.2, 0.25) is 0 Å². The zero-order valence-electron chi connectivity index (χ0n) is 25.5. The lowest BCUT2D eigenvalue weighted by atomic mass is 10.5. The molecule has 20 heteroatoms. The Morgan fingerprint density at radius 1 is 0.467 bits per heavy atom. The highest BCUT2D eigenvalue weighted by Gasteiger charge is 2.08. The van der Waals surface area contributed by atoms with Gasteiger partial charge in [-0.15, -0.1) is 47.0 Å². The highest BCUT2D eigenvalue weighted by Crippen LogP contribution is 2.22. The summed E-state index contributed by atoms with van der Waals surface area (Å²) in [5.41, 5.74) is 0. The second-order valence-corrected chi connectivity index (χ2v) is 26.8. The SMILES string of the molecule is O=C(CCSCSCCC[S+]([O-])CSCSCO)SCCSCSCC[S+]([O-])CCCSCSCCC(=O)SCSCSCO. The van der Waals surface area contributed by atoms with Gasteiger partial charge in [0.05, 0.1) is 11.9 Å². The van der Waals surface area contributed by atoms with Crippen molar-refractivity contribution in [3.8, 4) is 0 Å². The average Bonchev–Trinajstić information content (AvgIpc) is 3.03. The monoisotopic (exact) mass is 892 g/mol. The van der Waals surface area contributed by atoms with Crippen LogP contribution in [0.3, 0.4) is 0 Å². The fourth-order valence-corrected chi connectivity index (χ4v) is 18.1. The zero-order valence-corrected chi connectivity index (χ0v) is 36.9. The van der Waals surface area contributed by atoms with Crippen molar-refractivity contribution < 1.29 is 28.9 Å². The molecular formula is C25H48O6S14. The van der Waals surface area contributed by atoms with Crippen molar-refractivity contribution in [2.75, 3.05) is 105 Å². The maximum Gasteiger partial charge on any atom is 0.190 e. The lowest BCUT2D eigenvalue weighted by Crippen LogP contribution is -2.13. The van der Waals surface area contributed by atoms with Gasteiger partial charge in [-0.25, -0.2) is 0 Å². The van der Waals surface area contributed by atoms with Crippen molar-refractivity contribution in [1.29, 1.82) is 0 Å². The van der Waals surface area contributed by atoms with Crippen LogP contribution in [-0.4, -0.2) is 135 Å². The predicted octanol–water partition coefficient (Wildman–Crippen LogP) is 7.50. The molecule has 0 aliphatic rings. The first-order valence-electron chi connectivity index (χ1n) is 14.0. The van der Waals surface area contributed by atoms with E-state index in [4.69, 9.17) is 10.2 Å². The number of hydrogen-bond acceptors (Lipinski definition) is 18. The van der Waals surface area contributed by atoms with Gasteiger partial charge in [-0.1, -0.05) is 46.5 Å². The van der Waals surface area contributed by atoms with E-state index in [0.29, 0.717) is 17.9 Å². The third kappa shape index (κ3) is 40.7. The number of aliphatic hydroxyl groups is 2. The Kier molecular flexibility index (Phi) is 44.5. The largest absolute Gasteiger partial charge is 0.616 e. The van der Waals surface area contributed by atoms with Crippen LogP contribution in [0.1, 0.15) is 25.7 Å². The Labute approximate surface area is 329 Å². The third-order valence-corrected chi connectivity index (χ3v) is 21.8. The second-order valence-electron chi connectivity index (χ2n) is 8.29. The number of thioether (sulfide) groups is 12. The summed E-state index contributed by atoms with van der Waals surface area (Å²) in [6.45, 7) is 0. The Hall–Kier alpha value is 4.08. The molecule has 45 heavy (non-hydrogen) atoms. The minimum Gasteiger partial charge on any atom is -0.616 e. The first-order valence-corrected chi connectivity index (χ1v) is 30.5. The fourth-order valence-electron chi connectivity index (χ4n) is 2.62. The normalized spacial score (nSPS) is 12.9. The Balaban J connectivity index is 3.34. The van der Waals surface area contributed by atoms with E-state index >= 15 is 0 Å². The summed E-state index contributed by atoms with van der Waals surface area (Å²) in [5.74, 6) is 8.93. The molecule has 0 radical (unpaired) electrons. The highest BCUT2D eigenvalue weighted by atomic mass is 32.3. The molecular weight excluding hydrogens is 845 g/mol. The molecule has 2 unspecified atom stereocenters. The van der Waals surface area contributed by atoms with Crippen molar-refractivity contribution in [3.05, 3.63) is 0 Å². The average molecular weight is 894 g/mol. The molecule has 2 atom stereocenters. The highest BCUT2D eigenvalue weighted by molar-refractivity contribution is 8.27. The standard InChI is InChI=1S/C25H48O6S14/c26-15-38-20-40-22-43-25(29)4-8-35-17-32-5-1-12-44(30)14-11-37-19-36-9-10-42-24(28)3-7-34-18-33-6-2-13-45(31)23-41-21-39-16-27/h26-27H,1-23H2. The van der Waals surface area contributed by atoms with E-state index in [2.05, 4.69) is 0 Å². The first kappa shape index (κ1) is 49.1. The molecule has 0 fully saturated rings. The Bertz CT molecular complexity index is 661. The van der Waals surface area contributed by atoms with Gasteiger partial charge >= 0.3 is 0 Å². The maximum atomic E-state index is 12.2.